The largest absolute Gasteiger partial charge is 0.457 e. The van der Waals surface area contributed by atoms with Crippen LogP contribution in [0.25, 0.3) is 16.7 Å². The van der Waals surface area contributed by atoms with E-state index >= 15 is 0 Å². The van der Waals surface area contributed by atoms with E-state index < -0.39 is 5.60 Å². The Morgan fingerprint density at radius 3 is 2.71 bits per heavy atom. The summed E-state index contributed by atoms with van der Waals surface area (Å²) >= 11 is 0. The third-order valence-corrected chi connectivity index (χ3v) is 6.49. The summed E-state index contributed by atoms with van der Waals surface area (Å²) in [6, 6.07) is 13.2. The molecule has 214 valence electrons. The summed E-state index contributed by atoms with van der Waals surface area (Å²) in [6.45, 7) is 8.58. The predicted octanol–water partition coefficient (Wildman–Crippen LogP) is 5.85. The molecular weight excluding hydrogens is 534 g/mol. The molecule has 0 spiro atoms. The van der Waals surface area contributed by atoms with Gasteiger partial charge < -0.3 is 25.0 Å². The van der Waals surface area contributed by atoms with Gasteiger partial charge in [-0.05, 0) is 76.1 Å². The normalized spacial score (nSPS) is 13.6. The van der Waals surface area contributed by atoms with Crippen molar-refractivity contribution in [3.8, 4) is 11.5 Å². The Kier molecular flexibility index (Phi) is 7.03. The lowest BCUT2D eigenvalue weighted by atomic mass is 10.2. The fourth-order valence-electron chi connectivity index (χ4n) is 4.55. The smallest absolute Gasteiger partial charge is 0.410 e. The maximum atomic E-state index is 12.6. The molecule has 1 amide bonds. The number of hydrogen-bond donors (Lipinski definition) is 2. The molecule has 0 fully saturated rings. The van der Waals surface area contributed by atoms with E-state index in [1.165, 1.54) is 12.7 Å². The van der Waals surface area contributed by atoms with Crippen molar-refractivity contribution < 1.29 is 14.3 Å². The first-order chi connectivity index (χ1) is 20.2. The van der Waals surface area contributed by atoms with Crippen molar-refractivity contribution in [1.82, 2.24) is 34.4 Å². The molecule has 1 aromatic carbocycles. The lowest BCUT2D eigenvalue weighted by Gasteiger charge is -2.30. The molecule has 5 heterocycles. The Morgan fingerprint density at radius 1 is 1.00 bits per heavy atom. The maximum Gasteiger partial charge on any atom is 0.410 e. The van der Waals surface area contributed by atoms with Crippen LogP contribution in [0.2, 0.25) is 0 Å². The summed E-state index contributed by atoms with van der Waals surface area (Å²) in [6.07, 6.45) is 7.28. The molecule has 0 atom stereocenters. The molecule has 1 aliphatic rings. The number of carbonyl (C=O) groups is 1. The van der Waals surface area contributed by atoms with Gasteiger partial charge in [-0.3, -0.25) is 0 Å². The summed E-state index contributed by atoms with van der Waals surface area (Å²) in [5.74, 6) is 2.60. The molecule has 2 N–H and O–H groups in total. The van der Waals surface area contributed by atoms with Gasteiger partial charge in [0.1, 0.15) is 41.1 Å². The van der Waals surface area contributed by atoms with E-state index in [9.17, 15) is 4.79 Å². The lowest BCUT2D eigenvalue weighted by molar-refractivity contribution is 0.0263. The minimum Gasteiger partial charge on any atom is -0.457 e. The van der Waals surface area contributed by atoms with Gasteiger partial charge in [0.05, 0.1) is 12.1 Å². The molecule has 12 heteroatoms. The molecule has 4 aromatic heterocycles. The number of rotatable bonds is 6. The molecule has 42 heavy (non-hydrogen) atoms. The van der Waals surface area contributed by atoms with Crippen molar-refractivity contribution >= 4 is 40.1 Å². The number of nitrogens with zero attached hydrogens (tertiary/aromatic N) is 7. The second-order valence-corrected chi connectivity index (χ2v) is 11.0. The van der Waals surface area contributed by atoms with Crippen LogP contribution in [0.5, 0.6) is 11.5 Å². The molecule has 6 rings (SSSR count). The van der Waals surface area contributed by atoms with Crippen LogP contribution in [-0.4, -0.2) is 59.2 Å². The van der Waals surface area contributed by atoms with Crippen LogP contribution in [0.15, 0.2) is 73.1 Å². The van der Waals surface area contributed by atoms with Crippen LogP contribution < -0.4 is 15.4 Å². The van der Waals surface area contributed by atoms with Gasteiger partial charge in [-0.1, -0.05) is 6.08 Å². The average Bonchev–Trinajstić information content (AvgIpc) is 3.42. The zero-order valence-electron chi connectivity index (χ0n) is 23.8. The van der Waals surface area contributed by atoms with Gasteiger partial charge in [0.2, 0.25) is 0 Å². The topological polar surface area (TPSA) is 132 Å². The summed E-state index contributed by atoms with van der Waals surface area (Å²) in [5.41, 5.74) is 4.12. The zero-order chi connectivity index (χ0) is 29.3. The molecule has 12 nitrogen and oxygen atoms in total. The fraction of sp³-hybridized carbons (Fsp3) is 0.267. The van der Waals surface area contributed by atoms with Crippen LogP contribution in [0.3, 0.4) is 0 Å². The van der Waals surface area contributed by atoms with E-state index in [1.54, 1.807) is 15.6 Å². The number of ether oxygens (including phenoxy) is 2. The Morgan fingerprint density at radius 2 is 1.88 bits per heavy atom. The Labute approximate surface area is 242 Å². The van der Waals surface area contributed by atoms with Gasteiger partial charge in [0, 0.05) is 30.2 Å². The van der Waals surface area contributed by atoms with Gasteiger partial charge >= 0.3 is 6.09 Å². The molecule has 1 aliphatic heterocycles. The second kappa shape index (κ2) is 11.0. The van der Waals surface area contributed by atoms with Crippen molar-refractivity contribution in [2.24, 2.45) is 0 Å². The minimum atomic E-state index is -0.547. The van der Waals surface area contributed by atoms with E-state index in [-0.39, 0.29) is 6.09 Å². The number of fused-ring (bicyclic) bond motifs is 2. The van der Waals surface area contributed by atoms with E-state index in [2.05, 4.69) is 36.8 Å². The Balaban J connectivity index is 1.17. The Hall–Kier alpha value is -5.26. The van der Waals surface area contributed by atoms with Crippen molar-refractivity contribution in [1.29, 1.82) is 0 Å². The summed E-state index contributed by atoms with van der Waals surface area (Å²) in [7, 11) is 0. The summed E-state index contributed by atoms with van der Waals surface area (Å²) in [4.78, 5) is 32.1. The number of aromatic nitrogens is 6. The van der Waals surface area contributed by atoms with Gasteiger partial charge in [0.25, 0.3) is 0 Å². The maximum absolute atomic E-state index is 12.6. The van der Waals surface area contributed by atoms with Crippen molar-refractivity contribution in [3.63, 3.8) is 0 Å². The average molecular weight is 566 g/mol. The fourth-order valence-corrected chi connectivity index (χ4v) is 4.55. The van der Waals surface area contributed by atoms with Crippen LogP contribution in [-0.2, 0) is 4.74 Å². The van der Waals surface area contributed by atoms with Crippen LogP contribution >= 0.6 is 0 Å². The SMILES string of the molecule is Cc1cc(Nc2ncnc3ccc(NC4=CCCN(C(=O)OC(C)(C)C)C4)nc23)ccc1Oc1ccn2ncnc2c1. The number of hydrogen-bond acceptors (Lipinski definition) is 10. The van der Waals surface area contributed by atoms with Crippen molar-refractivity contribution in [2.75, 3.05) is 23.7 Å². The van der Waals surface area contributed by atoms with E-state index in [4.69, 9.17) is 14.5 Å². The number of anilines is 3. The molecule has 0 aliphatic carbocycles. The van der Waals surface area contributed by atoms with Crippen molar-refractivity contribution in [2.45, 2.75) is 39.7 Å². The number of pyridine rings is 2. The van der Waals surface area contributed by atoms with Crippen LogP contribution in [0.4, 0.5) is 22.1 Å². The number of carbonyl (C=O) groups excluding carboxylic acids is 1. The molecular formula is C30H31N9O3. The predicted molar refractivity (Wildman–Crippen MR) is 159 cm³/mol. The van der Waals surface area contributed by atoms with E-state index in [0.29, 0.717) is 47.2 Å². The van der Waals surface area contributed by atoms with Gasteiger partial charge in [0.15, 0.2) is 11.5 Å². The quantitative estimate of drug-likeness (QED) is 0.258. The lowest BCUT2D eigenvalue weighted by Crippen LogP contribution is -2.40. The second-order valence-electron chi connectivity index (χ2n) is 11.0. The third kappa shape index (κ3) is 6.07. The number of benzene rings is 1. The molecule has 5 aromatic rings. The first-order valence-corrected chi connectivity index (χ1v) is 13.6. The highest BCUT2D eigenvalue weighted by Gasteiger charge is 2.24. The standard InChI is InChI=1S/C30H31N9O3/c1-19-14-20(7-9-24(19)41-22-11-13-39-26(15-22)32-18-34-39)36-28-27-23(31-17-33-28)8-10-25(37-27)35-21-6-5-12-38(16-21)29(40)42-30(2,3)4/h6-11,13-15,17-18H,5,12,16H2,1-4H3,(H,35,37)(H,31,33,36). The monoisotopic (exact) mass is 565 g/mol. The number of nitrogens with one attached hydrogen (secondary N) is 2. The highest BCUT2D eigenvalue weighted by Crippen LogP contribution is 2.30. The van der Waals surface area contributed by atoms with Crippen LogP contribution in [0.1, 0.15) is 32.8 Å². The summed E-state index contributed by atoms with van der Waals surface area (Å²) < 4.78 is 13.3. The zero-order valence-corrected chi connectivity index (χ0v) is 23.8. The van der Waals surface area contributed by atoms with E-state index in [0.717, 1.165) is 29.1 Å². The van der Waals surface area contributed by atoms with Gasteiger partial charge in [-0.25, -0.2) is 29.2 Å². The molecule has 0 saturated carbocycles. The number of amides is 1. The Bertz CT molecular complexity index is 1810. The number of aryl methyl sites for hydroxylation is 1. The molecule has 0 radical (unpaired) electrons. The van der Waals surface area contributed by atoms with Gasteiger partial charge in [-0.2, -0.15) is 5.10 Å². The molecule has 0 bridgehead atoms. The highest BCUT2D eigenvalue weighted by molar-refractivity contribution is 5.88. The van der Waals surface area contributed by atoms with Crippen LogP contribution in [0, 0.1) is 6.92 Å². The van der Waals surface area contributed by atoms with Crippen molar-refractivity contribution in [3.05, 3.63) is 78.7 Å². The summed E-state index contributed by atoms with van der Waals surface area (Å²) in [5, 5.41) is 10.8. The molecule has 0 saturated heterocycles. The first-order valence-electron chi connectivity index (χ1n) is 13.6. The first kappa shape index (κ1) is 26.9. The molecule has 0 unspecified atom stereocenters. The van der Waals surface area contributed by atoms with E-state index in [1.807, 2.05) is 70.2 Å². The minimum absolute atomic E-state index is 0.329. The third-order valence-electron chi connectivity index (χ3n) is 6.49. The highest BCUT2D eigenvalue weighted by atomic mass is 16.6. The van der Waals surface area contributed by atoms with Gasteiger partial charge in [-0.15, -0.1) is 0 Å².